The quantitative estimate of drug-likeness (QED) is 0.922. The standard InChI is InChI=1S/C17H18FNO2/c1-11-9-12(18)3-5-15(11)19-16-7-8-21-17-6-4-13(20-2)10-14(16)17/h3-6,9-10,16,19H,7-8H2,1-2H3. The molecule has 0 amide bonds. The fourth-order valence-corrected chi connectivity index (χ4v) is 2.63. The summed E-state index contributed by atoms with van der Waals surface area (Å²) in [4.78, 5) is 0. The van der Waals surface area contributed by atoms with Gasteiger partial charge >= 0.3 is 0 Å². The zero-order valence-electron chi connectivity index (χ0n) is 12.2. The summed E-state index contributed by atoms with van der Waals surface area (Å²) in [5.74, 6) is 1.47. The molecule has 0 aliphatic carbocycles. The number of fused-ring (bicyclic) bond motifs is 1. The first-order chi connectivity index (χ1) is 10.2. The van der Waals surface area contributed by atoms with Crippen LogP contribution in [0.1, 0.15) is 23.6 Å². The van der Waals surface area contributed by atoms with Crippen molar-refractivity contribution in [3.63, 3.8) is 0 Å². The molecule has 4 heteroatoms. The molecule has 0 bridgehead atoms. The average Bonchev–Trinajstić information content (AvgIpc) is 2.50. The summed E-state index contributed by atoms with van der Waals surface area (Å²) in [6.07, 6.45) is 0.858. The Morgan fingerprint density at radius 1 is 1.24 bits per heavy atom. The van der Waals surface area contributed by atoms with E-state index in [0.717, 1.165) is 34.7 Å². The van der Waals surface area contributed by atoms with Crippen molar-refractivity contribution >= 4 is 5.69 Å². The van der Waals surface area contributed by atoms with Crippen LogP contribution in [0.5, 0.6) is 11.5 Å². The van der Waals surface area contributed by atoms with E-state index >= 15 is 0 Å². The van der Waals surface area contributed by atoms with Crippen LogP contribution < -0.4 is 14.8 Å². The largest absolute Gasteiger partial charge is 0.497 e. The normalized spacial score (nSPS) is 16.8. The van der Waals surface area contributed by atoms with Gasteiger partial charge in [-0.05, 0) is 48.9 Å². The highest BCUT2D eigenvalue weighted by molar-refractivity contribution is 5.54. The molecular weight excluding hydrogens is 269 g/mol. The minimum Gasteiger partial charge on any atom is -0.497 e. The lowest BCUT2D eigenvalue weighted by molar-refractivity contribution is 0.273. The van der Waals surface area contributed by atoms with Gasteiger partial charge in [0, 0.05) is 17.7 Å². The number of halogens is 1. The molecule has 0 spiro atoms. The molecule has 0 aromatic heterocycles. The number of hydrogen-bond donors (Lipinski definition) is 1. The third kappa shape index (κ3) is 2.79. The lowest BCUT2D eigenvalue weighted by Crippen LogP contribution is -2.20. The van der Waals surface area contributed by atoms with Crippen molar-refractivity contribution in [1.82, 2.24) is 0 Å². The highest BCUT2D eigenvalue weighted by Crippen LogP contribution is 2.37. The predicted octanol–water partition coefficient (Wildman–Crippen LogP) is 4.08. The Kier molecular flexibility index (Phi) is 3.69. The van der Waals surface area contributed by atoms with Crippen LogP contribution in [-0.2, 0) is 0 Å². The number of anilines is 1. The van der Waals surface area contributed by atoms with Crippen molar-refractivity contribution in [3.05, 3.63) is 53.3 Å². The summed E-state index contributed by atoms with van der Waals surface area (Å²) in [5, 5.41) is 3.48. The van der Waals surface area contributed by atoms with Crippen molar-refractivity contribution < 1.29 is 13.9 Å². The van der Waals surface area contributed by atoms with Gasteiger partial charge in [0.15, 0.2) is 0 Å². The van der Waals surface area contributed by atoms with Crippen molar-refractivity contribution in [2.24, 2.45) is 0 Å². The van der Waals surface area contributed by atoms with Gasteiger partial charge in [0.25, 0.3) is 0 Å². The van der Waals surface area contributed by atoms with E-state index in [4.69, 9.17) is 9.47 Å². The number of methoxy groups -OCH3 is 1. The SMILES string of the molecule is COc1ccc2c(c1)C(Nc1ccc(F)cc1C)CCO2. The van der Waals surface area contributed by atoms with E-state index in [2.05, 4.69) is 5.32 Å². The first-order valence-electron chi connectivity index (χ1n) is 7.01. The van der Waals surface area contributed by atoms with Gasteiger partial charge in [0.05, 0.1) is 19.8 Å². The van der Waals surface area contributed by atoms with E-state index in [1.807, 2.05) is 25.1 Å². The molecule has 0 fully saturated rings. The monoisotopic (exact) mass is 287 g/mol. The van der Waals surface area contributed by atoms with Crippen LogP contribution in [0.3, 0.4) is 0 Å². The molecule has 2 aromatic carbocycles. The van der Waals surface area contributed by atoms with Crippen LogP contribution in [0.15, 0.2) is 36.4 Å². The van der Waals surface area contributed by atoms with Crippen LogP contribution in [0, 0.1) is 12.7 Å². The van der Waals surface area contributed by atoms with Gasteiger partial charge < -0.3 is 14.8 Å². The molecule has 0 radical (unpaired) electrons. The van der Waals surface area contributed by atoms with Crippen molar-refractivity contribution in [2.45, 2.75) is 19.4 Å². The number of aryl methyl sites for hydroxylation is 1. The molecule has 110 valence electrons. The molecule has 3 nitrogen and oxygen atoms in total. The van der Waals surface area contributed by atoms with E-state index in [1.165, 1.54) is 12.1 Å². The average molecular weight is 287 g/mol. The van der Waals surface area contributed by atoms with Gasteiger partial charge in [-0.15, -0.1) is 0 Å². The third-order valence-corrected chi connectivity index (χ3v) is 3.77. The molecule has 1 atom stereocenters. The number of hydrogen-bond acceptors (Lipinski definition) is 3. The zero-order valence-corrected chi connectivity index (χ0v) is 12.2. The molecule has 0 saturated carbocycles. The summed E-state index contributed by atoms with van der Waals surface area (Å²) in [5.41, 5.74) is 2.91. The van der Waals surface area contributed by atoms with Crippen LogP contribution in [0.4, 0.5) is 10.1 Å². The van der Waals surface area contributed by atoms with E-state index in [-0.39, 0.29) is 11.9 Å². The van der Waals surface area contributed by atoms with E-state index < -0.39 is 0 Å². The van der Waals surface area contributed by atoms with Gasteiger partial charge in [0.2, 0.25) is 0 Å². The molecule has 1 unspecified atom stereocenters. The Bertz CT molecular complexity index is 657. The Morgan fingerprint density at radius 3 is 2.86 bits per heavy atom. The van der Waals surface area contributed by atoms with E-state index in [9.17, 15) is 4.39 Å². The summed E-state index contributed by atoms with van der Waals surface area (Å²) in [6.45, 7) is 2.56. The van der Waals surface area contributed by atoms with Gasteiger partial charge in [0.1, 0.15) is 17.3 Å². The highest BCUT2D eigenvalue weighted by Gasteiger charge is 2.22. The van der Waals surface area contributed by atoms with Crippen LogP contribution in [0.25, 0.3) is 0 Å². The molecule has 1 N–H and O–H groups in total. The van der Waals surface area contributed by atoms with Gasteiger partial charge in [-0.2, -0.15) is 0 Å². The maximum Gasteiger partial charge on any atom is 0.124 e. The number of nitrogens with one attached hydrogen (secondary N) is 1. The molecule has 2 aromatic rings. The lowest BCUT2D eigenvalue weighted by Gasteiger charge is -2.28. The smallest absolute Gasteiger partial charge is 0.124 e. The Labute approximate surface area is 123 Å². The second kappa shape index (κ2) is 5.64. The predicted molar refractivity (Wildman–Crippen MR) is 80.6 cm³/mol. The Morgan fingerprint density at radius 2 is 2.10 bits per heavy atom. The summed E-state index contributed by atoms with van der Waals surface area (Å²) in [6, 6.07) is 10.7. The van der Waals surface area contributed by atoms with Gasteiger partial charge in [-0.1, -0.05) is 0 Å². The molecule has 21 heavy (non-hydrogen) atoms. The molecule has 3 rings (SSSR count). The number of benzene rings is 2. The number of rotatable bonds is 3. The lowest BCUT2D eigenvalue weighted by atomic mass is 9.99. The maximum atomic E-state index is 13.2. The van der Waals surface area contributed by atoms with Crippen molar-refractivity contribution in [3.8, 4) is 11.5 Å². The fourth-order valence-electron chi connectivity index (χ4n) is 2.63. The minimum atomic E-state index is -0.216. The van der Waals surface area contributed by atoms with Crippen LogP contribution >= 0.6 is 0 Å². The van der Waals surface area contributed by atoms with E-state index in [0.29, 0.717) is 6.61 Å². The van der Waals surface area contributed by atoms with Crippen molar-refractivity contribution in [2.75, 3.05) is 19.0 Å². The zero-order chi connectivity index (χ0) is 14.8. The molecule has 1 heterocycles. The molecule has 0 saturated heterocycles. The van der Waals surface area contributed by atoms with Crippen molar-refractivity contribution in [1.29, 1.82) is 0 Å². The molecular formula is C17H18FNO2. The molecule has 1 aliphatic rings. The highest BCUT2D eigenvalue weighted by atomic mass is 19.1. The summed E-state index contributed by atoms with van der Waals surface area (Å²) < 4.78 is 24.2. The Hall–Kier alpha value is -2.23. The first-order valence-corrected chi connectivity index (χ1v) is 7.01. The second-order valence-electron chi connectivity index (χ2n) is 5.20. The minimum absolute atomic E-state index is 0.132. The van der Waals surface area contributed by atoms with Crippen LogP contribution in [-0.4, -0.2) is 13.7 Å². The third-order valence-electron chi connectivity index (χ3n) is 3.77. The Balaban J connectivity index is 1.90. The summed E-state index contributed by atoms with van der Waals surface area (Å²) >= 11 is 0. The van der Waals surface area contributed by atoms with Gasteiger partial charge in [-0.3, -0.25) is 0 Å². The number of ether oxygens (including phenoxy) is 2. The topological polar surface area (TPSA) is 30.5 Å². The maximum absolute atomic E-state index is 13.2. The first kappa shape index (κ1) is 13.7. The molecule has 1 aliphatic heterocycles. The van der Waals surface area contributed by atoms with Crippen LogP contribution in [0.2, 0.25) is 0 Å². The van der Waals surface area contributed by atoms with E-state index in [1.54, 1.807) is 13.2 Å². The fraction of sp³-hybridized carbons (Fsp3) is 0.294. The summed E-state index contributed by atoms with van der Waals surface area (Å²) in [7, 11) is 1.65. The van der Waals surface area contributed by atoms with Gasteiger partial charge in [-0.25, -0.2) is 4.39 Å². The second-order valence-corrected chi connectivity index (χ2v) is 5.20.